The molecule has 5 rings (SSSR count). The number of halogens is 2. The number of fused-ring (bicyclic) bond motifs is 1. The van der Waals surface area contributed by atoms with E-state index in [1.807, 2.05) is 6.07 Å². The second kappa shape index (κ2) is 9.58. The van der Waals surface area contributed by atoms with Crippen molar-refractivity contribution in [2.75, 3.05) is 19.7 Å². The normalized spacial score (nSPS) is 28.1. The topological polar surface area (TPSA) is 88.2 Å². The fourth-order valence-corrected chi connectivity index (χ4v) is 5.49. The predicted molar refractivity (Wildman–Crippen MR) is 116 cm³/mol. The lowest BCUT2D eigenvalue weighted by atomic mass is 9.89. The largest absolute Gasteiger partial charge is 0.489 e. The zero-order valence-electron chi connectivity index (χ0n) is 18.9. The van der Waals surface area contributed by atoms with Crippen molar-refractivity contribution in [2.45, 2.75) is 75.8 Å². The molecule has 1 N–H and O–H groups in total. The number of hydrogen-bond donors (Lipinski definition) is 1. The average Bonchev–Trinajstić information content (AvgIpc) is 3.09. The maximum atomic E-state index is 12.9. The van der Waals surface area contributed by atoms with E-state index in [1.165, 1.54) is 4.90 Å². The summed E-state index contributed by atoms with van der Waals surface area (Å²) < 4.78 is 36.4. The Hall–Kier alpha value is -2.59. The molecule has 0 spiro atoms. The maximum absolute atomic E-state index is 12.9. The van der Waals surface area contributed by atoms with E-state index in [0.717, 1.165) is 31.2 Å². The van der Waals surface area contributed by atoms with Crippen molar-refractivity contribution in [1.29, 1.82) is 0 Å². The Kier molecular flexibility index (Phi) is 6.52. The minimum absolute atomic E-state index is 0.0220. The molecule has 184 valence electrons. The standard InChI is InChI=1S/C24H29F2N3O5/c25-21(26)13-33-16-11-28(12-16)18-3-1-2-4-20(18)34-15-5-6-17-14(9-15)10-29(24(17)32)19-7-8-22(30)27-23(19)31/h5-6,9,16,18-21H,1-4,7-8,10-13H2,(H,27,30,31)/t18-,19?,20-/m0/s1. The number of nitrogens with zero attached hydrogens (tertiary/aromatic N) is 2. The van der Waals surface area contributed by atoms with Crippen LogP contribution in [0.4, 0.5) is 8.78 Å². The molecule has 3 heterocycles. The lowest BCUT2D eigenvalue weighted by Gasteiger charge is -2.48. The van der Waals surface area contributed by atoms with Crippen LogP contribution in [0.25, 0.3) is 0 Å². The second-order valence-corrected chi connectivity index (χ2v) is 9.53. The number of alkyl halides is 2. The van der Waals surface area contributed by atoms with Crippen LogP contribution in [0, 0.1) is 0 Å². The van der Waals surface area contributed by atoms with Gasteiger partial charge in [0.15, 0.2) is 0 Å². The van der Waals surface area contributed by atoms with Gasteiger partial charge < -0.3 is 14.4 Å². The Morgan fingerprint density at radius 1 is 1.09 bits per heavy atom. The molecule has 34 heavy (non-hydrogen) atoms. The molecule has 1 unspecified atom stereocenters. The van der Waals surface area contributed by atoms with Crippen LogP contribution in [0.3, 0.4) is 0 Å². The lowest BCUT2D eigenvalue weighted by molar-refractivity contribution is -0.136. The van der Waals surface area contributed by atoms with Gasteiger partial charge in [0.25, 0.3) is 12.3 Å². The molecular formula is C24H29F2N3O5. The summed E-state index contributed by atoms with van der Waals surface area (Å²) >= 11 is 0. The predicted octanol–water partition coefficient (Wildman–Crippen LogP) is 2.10. The molecule has 2 saturated heterocycles. The third-order valence-corrected chi connectivity index (χ3v) is 7.25. The number of rotatable bonds is 7. The van der Waals surface area contributed by atoms with Gasteiger partial charge in [0.05, 0.1) is 6.10 Å². The van der Waals surface area contributed by atoms with Gasteiger partial charge in [-0.15, -0.1) is 0 Å². The summed E-state index contributed by atoms with van der Waals surface area (Å²) in [5.74, 6) is -0.261. The molecule has 8 nitrogen and oxygen atoms in total. The smallest absolute Gasteiger partial charge is 0.261 e. The van der Waals surface area contributed by atoms with E-state index < -0.39 is 25.0 Å². The van der Waals surface area contributed by atoms with E-state index in [-0.39, 0.29) is 36.5 Å². The van der Waals surface area contributed by atoms with Crippen LogP contribution in [0.1, 0.15) is 54.4 Å². The Balaban J connectivity index is 1.22. The van der Waals surface area contributed by atoms with Gasteiger partial charge in [-0.05, 0) is 49.4 Å². The summed E-state index contributed by atoms with van der Waals surface area (Å²) in [6, 6.07) is 4.97. The van der Waals surface area contributed by atoms with Crippen LogP contribution in [0.15, 0.2) is 18.2 Å². The van der Waals surface area contributed by atoms with Crippen molar-refractivity contribution in [3.63, 3.8) is 0 Å². The number of likely N-dealkylation sites (tertiary alicyclic amines) is 1. The summed E-state index contributed by atoms with van der Waals surface area (Å²) in [4.78, 5) is 40.4. The van der Waals surface area contributed by atoms with Crippen molar-refractivity contribution >= 4 is 17.7 Å². The number of piperidine rings is 1. The van der Waals surface area contributed by atoms with Gasteiger partial charge in [0, 0.05) is 37.7 Å². The third kappa shape index (κ3) is 4.65. The van der Waals surface area contributed by atoms with Crippen molar-refractivity contribution in [3.05, 3.63) is 29.3 Å². The molecule has 3 fully saturated rings. The van der Waals surface area contributed by atoms with Gasteiger partial charge in [-0.3, -0.25) is 24.6 Å². The molecule has 0 bridgehead atoms. The number of carbonyl (C=O) groups excluding carboxylic acids is 3. The first-order valence-electron chi connectivity index (χ1n) is 12.0. The van der Waals surface area contributed by atoms with Crippen LogP contribution in [0.2, 0.25) is 0 Å². The minimum Gasteiger partial charge on any atom is -0.489 e. The van der Waals surface area contributed by atoms with Gasteiger partial charge in [-0.2, -0.15) is 0 Å². The Morgan fingerprint density at radius 3 is 2.65 bits per heavy atom. The molecule has 3 atom stereocenters. The number of nitrogens with one attached hydrogen (secondary N) is 1. The number of benzene rings is 1. The maximum Gasteiger partial charge on any atom is 0.261 e. The molecule has 10 heteroatoms. The zero-order chi connectivity index (χ0) is 23.8. The van der Waals surface area contributed by atoms with Crippen molar-refractivity contribution in [1.82, 2.24) is 15.1 Å². The molecule has 3 amide bonds. The Morgan fingerprint density at radius 2 is 1.88 bits per heavy atom. The van der Waals surface area contributed by atoms with E-state index in [4.69, 9.17) is 9.47 Å². The fourth-order valence-electron chi connectivity index (χ4n) is 5.49. The van der Waals surface area contributed by atoms with Gasteiger partial charge >= 0.3 is 0 Å². The quantitative estimate of drug-likeness (QED) is 0.606. The third-order valence-electron chi connectivity index (χ3n) is 7.25. The number of imide groups is 1. The average molecular weight is 478 g/mol. The molecule has 0 aromatic heterocycles. The number of ether oxygens (including phenoxy) is 2. The molecule has 0 radical (unpaired) electrons. The summed E-state index contributed by atoms with van der Waals surface area (Å²) in [6.45, 7) is 1.06. The Labute approximate surface area is 196 Å². The summed E-state index contributed by atoms with van der Waals surface area (Å²) in [7, 11) is 0. The van der Waals surface area contributed by atoms with E-state index in [1.54, 1.807) is 12.1 Å². The number of carbonyl (C=O) groups is 3. The molecule has 1 saturated carbocycles. The summed E-state index contributed by atoms with van der Waals surface area (Å²) in [5.41, 5.74) is 1.36. The first-order valence-corrected chi connectivity index (χ1v) is 12.0. The zero-order valence-corrected chi connectivity index (χ0v) is 18.9. The summed E-state index contributed by atoms with van der Waals surface area (Å²) in [6.07, 6.45) is 1.98. The van der Waals surface area contributed by atoms with Gasteiger partial charge in [0.2, 0.25) is 11.8 Å². The number of amides is 3. The SMILES string of the molecule is O=C1CCC(N2Cc3cc(O[C@H]4CCCC[C@@H]4N4CC(OCC(F)F)C4)ccc3C2=O)C(=O)N1. The highest BCUT2D eigenvalue weighted by Gasteiger charge is 2.41. The van der Waals surface area contributed by atoms with Crippen LogP contribution in [-0.2, 0) is 20.9 Å². The molecule has 1 aliphatic carbocycles. The highest BCUT2D eigenvalue weighted by atomic mass is 19.3. The highest BCUT2D eigenvalue weighted by molar-refractivity contribution is 6.05. The van der Waals surface area contributed by atoms with Crippen molar-refractivity contribution in [2.24, 2.45) is 0 Å². The van der Waals surface area contributed by atoms with E-state index in [0.29, 0.717) is 37.4 Å². The minimum atomic E-state index is -2.45. The van der Waals surface area contributed by atoms with Gasteiger partial charge in [-0.25, -0.2) is 8.78 Å². The molecule has 1 aromatic rings. The molecule has 4 aliphatic rings. The molecular weight excluding hydrogens is 448 g/mol. The molecule has 3 aliphatic heterocycles. The van der Waals surface area contributed by atoms with E-state index in [9.17, 15) is 23.2 Å². The second-order valence-electron chi connectivity index (χ2n) is 9.53. The van der Waals surface area contributed by atoms with Crippen molar-refractivity contribution < 1.29 is 32.6 Å². The van der Waals surface area contributed by atoms with Crippen LogP contribution in [0.5, 0.6) is 5.75 Å². The molecule has 1 aromatic carbocycles. The lowest BCUT2D eigenvalue weighted by Crippen LogP contribution is -2.61. The first-order chi connectivity index (χ1) is 16.4. The highest BCUT2D eigenvalue weighted by Crippen LogP contribution is 2.34. The van der Waals surface area contributed by atoms with Crippen LogP contribution < -0.4 is 10.1 Å². The first kappa shape index (κ1) is 23.2. The van der Waals surface area contributed by atoms with E-state index >= 15 is 0 Å². The monoisotopic (exact) mass is 477 g/mol. The van der Waals surface area contributed by atoms with Gasteiger partial charge in [0.1, 0.15) is 24.5 Å². The number of hydrogen-bond acceptors (Lipinski definition) is 6. The van der Waals surface area contributed by atoms with Crippen LogP contribution in [-0.4, -0.2) is 77.9 Å². The Bertz CT molecular complexity index is 968. The van der Waals surface area contributed by atoms with Gasteiger partial charge in [-0.1, -0.05) is 6.42 Å². The summed E-state index contributed by atoms with van der Waals surface area (Å²) in [5, 5.41) is 2.31. The van der Waals surface area contributed by atoms with Crippen molar-refractivity contribution in [3.8, 4) is 5.75 Å². The van der Waals surface area contributed by atoms with E-state index in [2.05, 4.69) is 10.2 Å². The fraction of sp³-hybridized carbons (Fsp3) is 0.625. The van der Waals surface area contributed by atoms with Crippen LogP contribution >= 0.6 is 0 Å².